The fourth-order valence-electron chi connectivity index (χ4n) is 4.46. The van der Waals surface area contributed by atoms with E-state index >= 15 is 0 Å². The summed E-state index contributed by atoms with van der Waals surface area (Å²) in [7, 11) is 0. The number of hydrogen-bond acceptors (Lipinski definition) is 3. The monoisotopic (exact) mass is 378 g/mol. The molecular weight excluding hydrogens is 348 g/mol. The lowest BCUT2D eigenvalue weighted by Crippen LogP contribution is -2.55. The number of ether oxygens (including phenoxy) is 1. The quantitative estimate of drug-likeness (QED) is 0.762. The summed E-state index contributed by atoms with van der Waals surface area (Å²) in [6.45, 7) is 0.325. The van der Waals surface area contributed by atoms with E-state index in [2.05, 4.69) is 41.0 Å². The summed E-state index contributed by atoms with van der Waals surface area (Å²) in [5.41, 5.74) is 2.50. The van der Waals surface area contributed by atoms with E-state index in [9.17, 15) is 4.79 Å². The molecule has 1 amide bonds. The maximum absolute atomic E-state index is 11.9. The van der Waals surface area contributed by atoms with Crippen molar-refractivity contribution in [2.24, 2.45) is 0 Å². The van der Waals surface area contributed by atoms with E-state index in [1.807, 2.05) is 30.3 Å². The van der Waals surface area contributed by atoms with E-state index in [1.165, 1.54) is 31.2 Å². The molecule has 4 heteroatoms. The molecule has 0 heterocycles. The molecule has 0 aromatic heterocycles. The topological polar surface area (TPSA) is 50.4 Å². The van der Waals surface area contributed by atoms with Gasteiger partial charge < -0.3 is 15.4 Å². The van der Waals surface area contributed by atoms with Crippen molar-refractivity contribution in [2.45, 2.75) is 69.2 Å². The molecule has 0 radical (unpaired) electrons. The van der Waals surface area contributed by atoms with Gasteiger partial charge in [0.2, 0.25) is 0 Å². The minimum Gasteiger partial charge on any atom is -0.445 e. The lowest BCUT2D eigenvalue weighted by molar-refractivity contribution is 0.123. The summed E-state index contributed by atoms with van der Waals surface area (Å²) < 4.78 is 5.30. The molecule has 2 N–H and O–H groups in total. The van der Waals surface area contributed by atoms with Crippen LogP contribution in [0.2, 0.25) is 0 Å². The van der Waals surface area contributed by atoms with Crippen molar-refractivity contribution in [3.63, 3.8) is 0 Å². The molecule has 148 valence electrons. The van der Waals surface area contributed by atoms with Gasteiger partial charge in [-0.15, -0.1) is 0 Å². The van der Waals surface area contributed by atoms with Crippen LogP contribution in [0.25, 0.3) is 0 Å². The molecule has 0 saturated heterocycles. The van der Waals surface area contributed by atoms with Crippen molar-refractivity contribution >= 4 is 6.09 Å². The standard InChI is InChI=1S/C24H30N2O2/c27-24(28-17-18-7-3-1-4-8-18)26-23-15-22(16-23)25-21-13-11-20(12-14-21)19-9-5-2-6-10-19/h1-10,20-23,25H,11-17H2,(H,26,27). The number of hydrogen-bond donors (Lipinski definition) is 2. The Kier molecular flexibility index (Phi) is 6.27. The normalized spacial score (nSPS) is 26.9. The second-order valence-electron chi connectivity index (χ2n) is 8.20. The summed E-state index contributed by atoms with van der Waals surface area (Å²) >= 11 is 0. The van der Waals surface area contributed by atoms with Crippen LogP contribution in [-0.2, 0) is 11.3 Å². The number of benzene rings is 2. The van der Waals surface area contributed by atoms with Gasteiger partial charge in [-0.05, 0) is 55.6 Å². The highest BCUT2D eigenvalue weighted by atomic mass is 16.5. The Balaban J connectivity index is 1.10. The third kappa shape index (κ3) is 5.14. The van der Waals surface area contributed by atoms with Gasteiger partial charge in [-0.3, -0.25) is 0 Å². The lowest BCUT2D eigenvalue weighted by atomic mass is 9.80. The summed E-state index contributed by atoms with van der Waals surface area (Å²) in [6, 6.07) is 22.1. The second-order valence-corrected chi connectivity index (χ2v) is 8.20. The Morgan fingerprint density at radius 1 is 0.821 bits per heavy atom. The fraction of sp³-hybridized carbons (Fsp3) is 0.458. The molecule has 0 atom stereocenters. The molecule has 4 rings (SSSR count). The Morgan fingerprint density at radius 2 is 1.46 bits per heavy atom. The molecule has 0 spiro atoms. The number of rotatable bonds is 6. The zero-order valence-electron chi connectivity index (χ0n) is 16.3. The number of alkyl carbamates (subject to hydrolysis) is 1. The van der Waals surface area contributed by atoms with Crippen LogP contribution in [0.1, 0.15) is 55.6 Å². The predicted octanol–water partition coefficient (Wildman–Crippen LogP) is 4.76. The zero-order chi connectivity index (χ0) is 19.2. The number of carbonyl (C=O) groups excluding carboxylic acids is 1. The van der Waals surface area contributed by atoms with E-state index in [1.54, 1.807) is 0 Å². The number of amides is 1. The molecule has 2 aromatic carbocycles. The predicted molar refractivity (Wildman–Crippen MR) is 111 cm³/mol. The summed E-state index contributed by atoms with van der Waals surface area (Å²) in [4.78, 5) is 11.9. The summed E-state index contributed by atoms with van der Waals surface area (Å²) in [5, 5.41) is 6.78. The molecule has 2 saturated carbocycles. The van der Waals surface area contributed by atoms with Crippen molar-refractivity contribution in [3.8, 4) is 0 Å². The third-order valence-corrected chi connectivity index (χ3v) is 6.14. The Labute approximate surface area is 167 Å². The van der Waals surface area contributed by atoms with Gasteiger partial charge in [0.1, 0.15) is 6.61 Å². The van der Waals surface area contributed by atoms with Crippen molar-refractivity contribution in [3.05, 3.63) is 71.8 Å². The van der Waals surface area contributed by atoms with E-state index in [4.69, 9.17) is 4.74 Å². The Hall–Kier alpha value is -2.33. The highest BCUT2D eigenvalue weighted by Crippen LogP contribution is 2.33. The molecule has 2 aromatic rings. The van der Waals surface area contributed by atoms with Crippen LogP contribution in [-0.4, -0.2) is 24.2 Å². The molecule has 28 heavy (non-hydrogen) atoms. The Bertz CT molecular complexity index is 736. The van der Waals surface area contributed by atoms with Gasteiger partial charge in [0, 0.05) is 18.1 Å². The van der Waals surface area contributed by atoms with Crippen LogP contribution in [0.5, 0.6) is 0 Å². The van der Waals surface area contributed by atoms with E-state index < -0.39 is 0 Å². The molecule has 2 fully saturated rings. The minimum absolute atomic E-state index is 0.237. The highest BCUT2D eigenvalue weighted by Gasteiger charge is 2.33. The smallest absolute Gasteiger partial charge is 0.407 e. The maximum Gasteiger partial charge on any atom is 0.407 e. The minimum atomic E-state index is -0.310. The van der Waals surface area contributed by atoms with Crippen LogP contribution in [0.4, 0.5) is 4.79 Å². The highest BCUT2D eigenvalue weighted by molar-refractivity contribution is 5.67. The SMILES string of the molecule is O=C(NC1CC(NC2CCC(c3ccccc3)CC2)C1)OCc1ccccc1. The first-order valence-electron chi connectivity index (χ1n) is 10.5. The van der Waals surface area contributed by atoms with Crippen molar-refractivity contribution in [1.29, 1.82) is 0 Å². The van der Waals surface area contributed by atoms with Gasteiger partial charge in [-0.25, -0.2) is 4.79 Å². The third-order valence-electron chi connectivity index (χ3n) is 6.14. The van der Waals surface area contributed by atoms with Crippen LogP contribution >= 0.6 is 0 Å². The fourth-order valence-corrected chi connectivity index (χ4v) is 4.46. The Morgan fingerprint density at radius 3 is 2.14 bits per heavy atom. The van der Waals surface area contributed by atoms with Crippen molar-refractivity contribution in [1.82, 2.24) is 10.6 Å². The van der Waals surface area contributed by atoms with Crippen molar-refractivity contribution in [2.75, 3.05) is 0 Å². The number of nitrogens with one attached hydrogen (secondary N) is 2. The largest absolute Gasteiger partial charge is 0.445 e. The second kappa shape index (κ2) is 9.24. The van der Waals surface area contributed by atoms with Gasteiger partial charge in [0.05, 0.1) is 0 Å². The van der Waals surface area contributed by atoms with Gasteiger partial charge >= 0.3 is 6.09 Å². The van der Waals surface area contributed by atoms with Gasteiger partial charge in [0.25, 0.3) is 0 Å². The molecule has 0 aliphatic heterocycles. The first-order chi connectivity index (χ1) is 13.8. The average Bonchev–Trinajstić information content (AvgIpc) is 2.72. The first kappa shape index (κ1) is 19.0. The van der Waals surface area contributed by atoms with Crippen LogP contribution in [0, 0.1) is 0 Å². The van der Waals surface area contributed by atoms with E-state index in [-0.39, 0.29) is 12.1 Å². The van der Waals surface area contributed by atoms with Gasteiger partial charge in [-0.1, -0.05) is 60.7 Å². The van der Waals surface area contributed by atoms with Gasteiger partial charge in [0.15, 0.2) is 0 Å². The summed E-state index contributed by atoms with van der Waals surface area (Å²) in [6.07, 6.45) is 6.71. The van der Waals surface area contributed by atoms with Crippen LogP contribution in [0.3, 0.4) is 0 Å². The molecule has 2 aliphatic rings. The number of carbonyl (C=O) groups is 1. The van der Waals surface area contributed by atoms with Crippen LogP contribution < -0.4 is 10.6 Å². The van der Waals surface area contributed by atoms with Crippen LogP contribution in [0.15, 0.2) is 60.7 Å². The maximum atomic E-state index is 11.9. The van der Waals surface area contributed by atoms with E-state index in [0.29, 0.717) is 18.7 Å². The molecule has 0 bridgehead atoms. The molecule has 0 unspecified atom stereocenters. The van der Waals surface area contributed by atoms with Gasteiger partial charge in [-0.2, -0.15) is 0 Å². The average molecular weight is 379 g/mol. The molecule has 2 aliphatic carbocycles. The molecule has 4 nitrogen and oxygen atoms in total. The van der Waals surface area contributed by atoms with Crippen molar-refractivity contribution < 1.29 is 9.53 Å². The zero-order valence-corrected chi connectivity index (χ0v) is 16.3. The van der Waals surface area contributed by atoms with E-state index in [0.717, 1.165) is 24.3 Å². The first-order valence-corrected chi connectivity index (χ1v) is 10.5. The molecular formula is C24H30N2O2. The summed E-state index contributed by atoms with van der Waals surface area (Å²) in [5.74, 6) is 0.717. The lowest BCUT2D eigenvalue weighted by Gasteiger charge is -2.40.